The number of hydrogen-bond donors (Lipinski definition) is 1. The highest BCUT2D eigenvalue weighted by Crippen LogP contribution is 2.48. The zero-order valence-corrected chi connectivity index (χ0v) is 23.2. The molecule has 8 nitrogen and oxygen atoms in total. The van der Waals surface area contributed by atoms with E-state index in [-0.39, 0.29) is 34.8 Å². The number of halogens is 4. The Kier molecular flexibility index (Phi) is 9.72. The molecule has 3 aromatic rings. The summed E-state index contributed by atoms with van der Waals surface area (Å²) in [7, 11) is 1.55. The number of alkyl halides is 3. The zero-order chi connectivity index (χ0) is 29.7. The smallest absolute Gasteiger partial charge is 0.394 e. The van der Waals surface area contributed by atoms with Gasteiger partial charge < -0.3 is 19.6 Å². The van der Waals surface area contributed by atoms with Crippen LogP contribution in [0.15, 0.2) is 52.7 Å². The fourth-order valence-electron chi connectivity index (χ4n) is 4.86. The van der Waals surface area contributed by atoms with E-state index in [1.807, 2.05) is 0 Å². The van der Waals surface area contributed by atoms with Crippen LogP contribution in [0.2, 0.25) is 0 Å². The number of anilines is 1. The van der Waals surface area contributed by atoms with E-state index >= 15 is 0 Å². The third kappa shape index (κ3) is 6.57. The maximum atomic E-state index is 14.5. The highest BCUT2D eigenvalue weighted by molar-refractivity contribution is 7.99. The lowest BCUT2D eigenvalue weighted by Gasteiger charge is -2.35. The standard InChI is InChI=1S/C25H22F4N4O2S.C3H8O2/c1-2-19(34)31-9-11-32(12-10-31)23-17-14-18(25(27,28)29)20(15-4-6-16(26)7-5-15)22-21(17)33(24(35)30-23)8-3-13-36-22;1-5-3-2-4/h2,4-7,14H,1,3,8-13H2;4H,2-3H2,1H3. The van der Waals surface area contributed by atoms with Crippen molar-refractivity contribution in [3.8, 4) is 11.1 Å². The Hall–Kier alpha value is -3.42. The van der Waals surface area contributed by atoms with Crippen LogP contribution in [-0.2, 0) is 22.3 Å². The number of hydrogen-bond acceptors (Lipinski definition) is 7. The van der Waals surface area contributed by atoms with Crippen molar-refractivity contribution in [2.75, 3.05) is 57.2 Å². The number of aliphatic hydroxyl groups is 1. The van der Waals surface area contributed by atoms with Gasteiger partial charge in [-0.25, -0.2) is 9.18 Å². The van der Waals surface area contributed by atoms with Crippen molar-refractivity contribution >= 4 is 34.4 Å². The van der Waals surface area contributed by atoms with Crippen molar-refractivity contribution in [1.82, 2.24) is 14.5 Å². The summed E-state index contributed by atoms with van der Waals surface area (Å²) in [5.74, 6) is -0.0830. The summed E-state index contributed by atoms with van der Waals surface area (Å²) in [6.07, 6.45) is -2.90. The molecule has 1 fully saturated rings. The molecule has 1 amide bonds. The first-order valence-electron chi connectivity index (χ1n) is 12.9. The molecule has 0 aliphatic carbocycles. The third-order valence-corrected chi connectivity index (χ3v) is 7.95. The van der Waals surface area contributed by atoms with Gasteiger partial charge in [0.1, 0.15) is 11.6 Å². The minimum Gasteiger partial charge on any atom is -0.394 e. The van der Waals surface area contributed by atoms with Crippen LogP contribution >= 0.6 is 11.8 Å². The number of nitrogens with zero attached hydrogens (tertiary/aromatic N) is 4. The number of aryl methyl sites for hydroxylation is 1. The molecule has 41 heavy (non-hydrogen) atoms. The largest absolute Gasteiger partial charge is 0.417 e. The number of carbonyl (C=O) groups excluding carboxylic acids is 1. The van der Waals surface area contributed by atoms with Crippen molar-refractivity contribution in [2.45, 2.75) is 24.0 Å². The first-order chi connectivity index (χ1) is 19.6. The van der Waals surface area contributed by atoms with Crippen molar-refractivity contribution in [3.63, 3.8) is 0 Å². The molecule has 2 aliphatic heterocycles. The molecule has 1 aromatic heterocycles. The Labute approximate surface area is 238 Å². The van der Waals surface area contributed by atoms with Crippen LogP contribution in [0.1, 0.15) is 12.0 Å². The average molecular weight is 595 g/mol. The molecule has 0 saturated carbocycles. The number of carbonyl (C=O) groups is 1. The molecule has 1 N–H and O–H groups in total. The molecule has 3 heterocycles. The van der Waals surface area contributed by atoms with Gasteiger partial charge in [-0.2, -0.15) is 18.2 Å². The van der Waals surface area contributed by atoms with E-state index in [1.165, 1.54) is 34.5 Å². The van der Waals surface area contributed by atoms with E-state index in [2.05, 4.69) is 16.3 Å². The minimum absolute atomic E-state index is 0.0615. The van der Waals surface area contributed by atoms with Gasteiger partial charge in [0.2, 0.25) is 5.91 Å². The molecule has 2 aromatic carbocycles. The summed E-state index contributed by atoms with van der Waals surface area (Å²) in [5.41, 5.74) is -0.822. The summed E-state index contributed by atoms with van der Waals surface area (Å²) in [5, 5.41) is 8.18. The van der Waals surface area contributed by atoms with Crippen molar-refractivity contribution in [1.29, 1.82) is 0 Å². The number of amides is 1. The summed E-state index contributed by atoms with van der Waals surface area (Å²) in [4.78, 5) is 33.0. The number of piperazine rings is 1. The zero-order valence-electron chi connectivity index (χ0n) is 22.4. The van der Waals surface area contributed by atoms with E-state index in [4.69, 9.17) is 5.11 Å². The second-order valence-corrected chi connectivity index (χ2v) is 10.4. The molecule has 0 bridgehead atoms. The van der Waals surface area contributed by atoms with Gasteiger partial charge in [-0.3, -0.25) is 9.36 Å². The van der Waals surface area contributed by atoms with Crippen molar-refractivity contribution < 1.29 is 32.2 Å². The highest BCUT2D eigenvalue weighted by atomic mass is 32.2. The Morgan fingerprint density at radius 2 is 1.85 bits per heavy atom. The third-order valence-electron chi connectivity index (χ3n) is 6.77. The average Bonchev–Trinajstić information content (AvgIpc) is 3.19. The first-order valence-corrected chi connectivity index (χ1v) is 13.9. The maximum absolute atomic E-state index is 14.5. The molecule has 1 saturated heterocycles. The predicted molar refractivity (Wildman–Crippen MR) is 150 cm³/mol. The van der Waals surface area contributed by atoms with Crippen LogP contribution < -0.4 is 10.6 Å². The predicted octanol–water partition coefficient (Wildman–Crippen LogP) is 4.18. The van der Waals surface area contributed by atoms with Crippen molar-refractivity contribution in [2.24, 2.45) is 0 Å². The van der Waals surface area contributed by atoms with Gasteiger partial charge in [-0.1, -0.05) is 18.7 Å². The number of rotatable bonds is 5. The van der Waals surface area contributed by atoms with Gasteiger partial charge in [-0.15, -0.1) is 11.8 Å². The molecule has 0 spiro atoms. The molecular weight excluding hydrogens is 564 g/mol. The number of aromatic nitrogens is 2. The van der Waals surface area contributed by atoms with E-state index in [0.717, 1.165) is 18.2 Å². The van der Waals surface area contributed by atoms with Crippen LogP contribution in [0, 0.1) is 5.82 Å². The normalized spacial score (nSPS) is 15.3. The number of thioether (sulfide) groups is 1. The second kappa shape index (κ2) is 13.0. The van der Waals surface area contributed by atoms with Crippen LogP contribution in [0.25, 0.3) is 22.0 Å². The van der Waals surface area contributed by atoms with Gasteiger partial charge in [0.05, 0.1) is 24.3 Å². The van der Waals surface area contributed by atoms with Crippen LogP contribution in [0.5, 0.6) is 0 Å². The second-order valence-electron chi connectivity index (χ2n) is 9.33. The molecule has 0 radical (unpaired) electrons. The van der Waals surface area contributed by atoms with Crippen molar-refractivity contribution in [3.05, 3.63) is 64.9 Å². The van der Waals surface area contributed by atoms with Gasteiger partial charge in [0.25, 0.3) is 0 Å². The SMILES string of the molecule is C=CC(=O)N1CCN(c2nc(=O)n3c4c(c(-c5ccc(F)cc5)c(C(F)(F)F)cc24)SCCC3)CC1.COCCO. The van der Waals surface area contributed by atoms with Gasteiger partial charge >= 0.3 is 11.9 Å². The lowest BCUT2D eigenvalue weighted by Crippen LogP contribution is -2.49. The highest BCUT2D eigenvalue weighted by Gasteiger charge is 2.38. The summed E-state index contributed by atoms with van der Waals surface area (Å²) in [6, 6.07) is 5.97. The Bertz CT molecular complexity index is 1470. The van der Waals surface area contributed by atoms with Gasteiger partial charge in [0, 0.05) is 55.7 Å². The maximum Gasteiger partial charge on any atom is 0.417 e. The molecule has 13 heteroatoms. The quantitative estimate of drug-likeness (QED) is 0.351. The van der Waals surface area contributed by atoms with E-state index in [9.17, 15) is 27.2 Å². The minimum atomic E-state index is -4.70. The van der Waals surface area contributed by atoms with Gasteiger partial charge in [-0.05, 0) is 42.0 Å². The molecule has 220 valence electrons. The topological polar surface area (TPSA) is 87.9 Å². The molecular formula is C28H30F4N4O4S. The first kappa shape index (κ1) is 30.5. The van der Waals surface area contributed by atoms with Crippen LogP contribution in [0.4, 0.5) is 23.4 Å². The summed E-state index contributed by atoms with van der Waals surface area (Å²) in [6.45, 7) is 5.68. The fourth-order valence-corrected chi connectivity index (χ4v) is 6.07. The van der Waals surface area contributed by atoms with E-state index in [1.54, 1.807) is 16.9 Å². The molecule has 5 rings (SSSR count). The number of ether oxygens (including phenoxy) is 1. The number of methoxy groups -OCH3 is 1. The van der Waals surface area contributed by atoms with Crippen LogP contribution in [0.3, 0.4) is 0 Å². The van der Waals surface area contributed by atoms with E-state index in [0.29, 0.717) is 61.9 Å². The monoisotopic (exact) mass is 594 g/mol. The number of benzene rings is 2. The molecule has 0 unspecified atom stereocenters. The lowest BCUT2D eigenvalue weighted by molar-refractivity contribution is -0.137. The van der Waals surface area contributed by atoms with Crippen LogP contribution in [-0.4, -0.2) is 77.7 Å². The summed E-state index contributed by atoms with van der Waals surface area (Å²) >= 11 is 1.27. The number of aliphatic hydroxyl groups excluding tert-OH is 1. The Morgan fingerprint density at radius 3 is 2.41 bits per heavy atom. The summed E-state index contributed by atoms with van der Waals surface area (Å²) < 4.78 is 62.9. The Balaban J connectivity index is 0.000000714. The van der Waals surface area contributed by atoms with Gasteiger partial charge in [0.15, 0.2) is 0 Å². The Morgan fingerprint density at radius 1 is 1.17 bits per heavy atom. The lowest BCUT2D eigenvalue weighted by atomic mass is 9.96. The fraction of sp³-hybridized carbons (Fsp3) is 0.393. The molecule has 2 aliphatic rings. The molecule has 0 atom stereocenters. The van der Waals surface area contributed by atoms with E-state index < -0.39 is 23.2 Å².